The summed E-state index contributed by atoms with van der Waals surface area (Å²) in [4.78, 5) is 48.7. The van der Waals surface area contributed by atoms with Crippen LogP contribution >= 0.6 is 0 Å². The molecule has 0 saturated heterocycles. The van der Waals surface area contributed by atoms with Gasteiger partial charge in [0.05, 0.1) is 11.1 Å². The number of ketones is 2. The molecule has 0 aromatic carbocycles. The van der Waals surface area contributed by atoms with E-state index in [1.54, 1.807) is 24.3 Å². The van der Waals surface area contributed by atoms with E-state index in [-0.39, 0.29) is 22.7 Å². The van der Waals surface area contributed by atoms with Gasteiger partial charge in [-0.2, -0.15) is 0 Å². The number of carbonyl (C=O) groups is 4. The molecule has 29 heavy (non-hydrogen) atoms. The maximum atomic E-state index is 12.4. The average Bonchev–Trinajstić information content (AvgIpc) is 2.74. The van der Waals surface area contributed by atoms with Gasteiger partial charge in [0.1, 0.15) is 0 Å². The van der Waals surface area contributed by atoms with Crippen molar-refractivity contribution >= 4 is 23.5 Å². The fraction of sp³-hybridized carbons (Fsp3) is 0.130. The molecule has 6 heteroatoms. The minimum atomic E-state index is -0.675. The van der Waals surface area contributed by atoms with E-state index in [0.29, 0.717) is 35.1 Å². The standard InChI is InChI=1S/C23H16O6/c24-20-11-9-18(14-5-1-3-7-16(14)20)22(26)28-13-29-23(27)19-10-12-21(25)17-8-4-2-6-15(17)19/h1-4,7-12H,5-6,13H2. The maximum Gasteiger partial charge on any atom is 0.341 e. The van der Waals surface area contributed by atoms with Gasteiger partial charge in [0.25, 0.3) is 0 Å². The van der Waals surface area contributed by atoms with Crippen LogP contribution in [0.2, 0.25) is 0 Å². The van der Waals surface area contributed by atoms with Crippen molar-refractivity contribution in [2.75, 3.05) is 6.79 Å². The Kier molecular flexibility index (Phi) is 4.91. The number of carbonyl (C=O) groups excluding carboxylic acids is 4. The Bertz CT molecular complexity index is 996. The molecule has 0 radical (unpaired) electrons. The molecule has 0 fully saturated rings. The first-order chi connectivity index (χ1) is 14.1. The summed E-state index contributed by atoms with van der Waals surface area (Å²) in [7, 11) is 0. The van der Waals surface area contributed by atoms with Gasteiger partial charge in [-0.3, -0.25) is 9.59 Å². The first kappa shape index (κ1) is 18.6. The predicted octanol–water partition coefficient (Wildman–Crippen LogP) is 2.67. The van der Waals surface area contributed by atoms with E-state index >= 15 is 0 Å². The molecule has 0 atom stereocenters. The Labute approximate surface area is 166 Å². The zero-order chi connectivity index (χ0) is 20.4. The van der Waals surface area contributed by atoms with Crippen LogP contribution in [0.3, 0.4) is 0 Å². The van der Waals surface area contributed by atoms with Crippen LogP contribution in [0.4, 0.5) is 0 Å². The molecule has 0 amide bonds. The number of esters is 2. The molecule has 0 spiro atoms. The number of allylic oxidation sites excluding steroid dienone is 12. The smallest absolute Gasteiger partial charge is 0.341 e. The highest BCUT2D eigenvalue weighted by Gasteiger charge is 2.27. The van der Waals surface area contributed by atoms with E-state index < -0.39 is 18.7 Å². The lowest BCUT2D eigenvalue weighted by atomic mass is 9.86. The van der Waals surface area contributed by atoms with Gasteiger partial charge in [-0.15, -0.1) is 0 Å². The molecule has 0 aromatic rings. The quantitative estimate of drug-likeness (QED) is 0.544. The van der Waals surface area contributed by atoms with Crippen LogP contribution < -0.4 is 0 Å². The first-order valence-electron chi connectivity index (χ1n) is 9.06. The van der Waals surface area contributed by atoms with Crippen LogP contribution in [-0.4, -0.2) is 30.3 Å². The maximum absolute atomic E-state index is 12.4. The van der Waals surface area contributed by atoms with Crippen LogP contribution in [0.25, 0.3) is 0 Å². The van der Waals surface area contributed by atoms with Crippen molar-refractivity contribution in [2.24, 2.45) is 0 Å². The molecule has 0 aromatic heterocycles. The Morgan fingerprint density at radius 3 is 1.62 bits per heavy atom. The highest BCUT2D eigenvalue weighted by molar-refractivity contribution is 6.14. The number of hydrogen-bond donors (Lipinski definition) is 0. The number of ether oxygens (including phenoxy) is 2. The highest BCUT2D eigenvalue weighted by atomic mass is 16.7. The SMILES string of the molecule is O=C1C=CC(C(=O)OCOC(=O)C2=C3CC=CC=C3C(=O)C=C2)=C2CC=CC=C12. The Morgan fingerprint density at radius 1 is 0.724 bits per heavy atom. The summed E-state index contributed by atoms with van der Waals surface area (Å²) in [6.45, 7) is -0.571. The highest BCUT2D eigenvalue weighted by Crippen LogP contribution is 2.30. The van der Waals surface area contributed by atoms with Crippen LogP contribution in [0.5, 0.6) is 0 Å². The summed E-state index contributed by atoms with van der Waals surface area (Å²) in [5.41, 5.74) is 2.66. The second-order valence-electron chi connectivity index (χ2n) is 6.59. The lowest BCUT2D eigenvalue weighted by Gasteiger charge is -2.19. The van der Waals surface area contributed by atoms with Gasteiger partial charge >= 0.3 is 11.9 Å². The molecule has 0 unspecified atom stereocenters. The normalized spacial score (nSPS) is 19.6. The number of rotatable bonds is 4. The minimum Gasteiger partial charge on any atom is -0.424 e. The van der Waals surface area contributed by atoms with E-state index in [9.17, 15) is 19.2 Å². The predicted molar refractivity (Wildman–Crippen MR) is 103 cm³/mol. The zero-order valence-corrected chi connectivity index (χ0v) is 15.3. The topological polar surface area (TPSA) is 86.7 Å². The summed E-state index contributed by atoms with van der Waals surface area (Å²) < 4.78 is 10.2. The number of hydrogen-bond acceptors (Lipinski definition) is 6. The second-order valence-corrected chi connectivity index (χ2v) is 6.59. The molecule has 4 aliphatic rings. The molecule has 0 heterocycles. The van der Waals surface area contributed by atoms with E-state index in [1.165, 1.54) is 24.3 Å². The van der Waals surface area contributed by atoms with Crippen LogP contribution in [0.1, 0.15) is 12.8 Å². The monoisotopic (exact) mass is 388 g/mol. The molecule has 0 aliphatic heterocycles. The van der Waals surface area contributed by atoms with E-state index in [1.807, 2.05) is 12.2 Å². The summed E-state index contributed by atoms with van der Waals surface area (Å²) in [6, 6.07) is 0. The third-order valence-corrected chi connectivity index (χ3v) is 4.90. The number of fused-ring (bicyclic) bond motifs is 2. The molecular formula is C23H16O6. The zero-order valence-electron chi connectivity index (χ0n) is 15.3. The second kappa shape index (κ2) is 7.67. The van der Waals surface area contributed by atoms with Crippen molar-refractivity contribution in [3.05, 3.63) is 94.2 Å². The molecule has 144 valence electrons. The average molecular weight is 388 g/mol. The Morgan fingerprint density at radius 2 is 1.17 bits per heavy atom. The lowest BCUT2D eigenvalue weighted by molar-refractivity contribution is -0.161. The van der Waals surface area contributed by atoms with E-state index in [4.69, 9.17) is 9.47 Å². The van der Waals surface area contributed by atoms with Crippen molar-refractivity contribution in [1.29, 1.82) is 0 Å². The van der Waals surface area contributed by atoms with Gasteiger partial charge in [-0.1, -0.05) is 36.5 Å². The van der Waals surface area contributed by atoms with Gasteiger partial charge in [-0.05, 0) is 48.3 Å². The largest absolute Gasteiger partial charge is 0.424 e. The summed E-state index contributed by atoms with van der Waals surface area (Å²) >= 11 is 0. The van der Waals surface area contributed by atoms with Crippen LogP contribution in [0, 0.1) is 0 Å². The molecule has 4 aliphatic carbocycles. The van der Waals surface area contributed by atoms with Gasteiger partial charge in [0.15, 0.2) is 11.6 Å². The molecular weight excluding hydrogens is 372 g/mol. The van der Waals surface area contributed by atoms with Crippen molar-refractivity contribution in [3.8, 4) is 0 Å². The third-order valence-electron chi connectivity index (χ3n) is 4.90. The Balaban J connectivity index is 1.42. The van der Waals surface area contributed by atoms with Crippen molar-refractivity contribution in [3.63, 3.8) is 0 Å². The first-order valence-corrected chi connectivity index (χ1v) is 9.06. The van der Waals surface area contributed by atoms with Gasteiger partial charge < -0.3 is 9.47 Å². The third kappa shape index (κ3) is 3.52. The van der Waals surface area contributed by atoms with Crippen LogP contribution in [0.15, 0.2) is 94.2 Å². The van der Waals surface area contributed by atoms with E-state index in [2.05, 4.69) is 0 Å². The van der Waals surface area contributed by atoms with E-state index in [0.717, 1.165) is 0 Å². The molecule has 0 saturated carbocycles. The minimum absolute atomic E-state index is 0.162. The summed E-state index contributed by atoms with van der Waals surface area (Å²) in [6.07, 6.45) is 16.9. The van der Waals surface area contributed by atoms with Crippen molar-refractivity contribution < 1.29 is 28.7 Å². The van der Waals surface area contributed by atoms with Crippen molar-refractivity contribution in [1.82, 2.24) is 0 Å². The fourth-order valence-corrected chi connectivity index (χ4v) is 3.47. The van der Waals surface area contributed by atoms with Gasteiger partial charge in [-0.25, -0.2) is 9.59 Å². The van der Waals surface area contributed by atoms with Crippen molar-refractivity contribution in [2.45, 2.75) is 12.8 Å². The lowest BCUT2D eigenvalue weighted by Crippen LogP contribution is -2.21. The molecule has 4 rings (SSSR count). The Hall–Kier alpha value is -3.80. The van der Waals surface area contributed by atoms with Crippen LogP contribution in [-0.2, 0) is 28.7 Å². The molecule has 0 N–H and O–H groups in total. The molecule has 0 bridgehead atoms. The summed E-state index contributed by atoms with van der Waals surface area (Å²) in [5, 5.41) is 0. The van der Waals surface area contributed by atoms with Gasteiger partial charge in [0.2, 0.25) is 6.79 Å². The van der Waals surface area contributed by atoms with Gasteiger partial charge in [0, 0.05) is 11.1 Å². The molecule has 6 nitrogen and oxygen atoms in total. The fourth-order valence-electron chi connectivity index (χ4n) is 3.47. The summed E-state index contributed by atoms with van der Waals surface area (Å²) in [5.74, 6) is -1.67.